The molecule has 92 valence electrons. The van der Waals surface area contributed by atoms with Gasteiger partial charge in [0.1, 0.15) is 0 Å². The molecule has 17 heavy (non-hydrogen) atoms. The predicted octanol–water partition coefficient (Wildman–Crippen LogP) is 2.56. The molecule has 2 aliphatic rings. The monoisotopic (exact) mass is 230 g/mol. The second-order valence-corrected chi connectivity index (χ2v) is 5.58. The van der Waals surface area contributed by atoms with Gasteiger partial charge in [-0.1, -0.05) is 24.3 Å². The van der Waals surface area contributed by atoms with Gasteiger partial charge in [-0.2, -0.15) is 0 Å². The van der Waals surface area contributed by atoms with E-state index in [1.807, 2.05) is 0 Å². The molecular weight excluding hydrogens is 208 g/mol. The minimum Gasteiger partial charge on any atom is -0.329 e. The van der Waals surface area contributed by atoms with Crippen LogP contribution in [0.1, 0.15) is 48.8 Å². The summed E-state index contributed by atoms with van der Waals surface area (Å²) in [5.74, 6) is 1.76. The standard InChI is InChI=1S/C15H22N2/c16-9-15(17-10-11-1-2-11)14-7-5-13(6-8-14)12-3-4-12/h5-8,11-12,15,17H,1-4,9-10,16H2. The Morgan fingerprint density at radius 1 is 1.12 bits per heavy atom. The van der Waals surface area contributed by atoms with Crippen molar-refractivity contribution in [2.24, 2.45) is 11.7 Å². The topological polar surface area (TPSA) is 38.0 Å². The molecule has 1 aromatic carbocycles. The summed E-state index contributed by atoms with van der Waals surface area (Å²) in [6.45, 7) is 1.82. The van der Waals surface area contributed by atoms with Crippen LogP contribution in [0.25, 0.3) is 0 Å². The van der Waals surface area contributed by atoms with E-state index in [1.54, 1.807) is 0 Å². The van der Waals surface area contributed by atoms with Crippen LogP contribution < -0.4 is 11.1 Å². The Morgan fingerprint density at radius 3 is 2.35 bits per heavy atom. The molecule has 3 N–H and O–H groups in total. The zero-order valence-electron chi connectivity index (χ0n) is 10.4. The lowest BCUT2D eigenvalue weighted by Gasteiger charge is -2.17. The molecule has 0 saturated heterocycles. The van der Waals surface area contributed by atoms with E-state index in [1.165, 1.54) is 36.8 Å². The maximum absolute atomic E-state index is 5.86. The van der Waals surface area contributed by atoms with Crippen LogP contribution in [0.3, 0.4) is 0 Å². The number of nitrogens with two attached hydrogens (primary N) is 1. The molecule has 0 bridgehead atoms. The van der Waals surface area contributed by atoms with Crippen LogP contribution >= 0.6 is 0 Å². The van der Waals surface area contributed by atoms with Crippen molar-refractivity contribution in [3.8, 4) is 0 Å². The van der Waals surface area contributed by atoms with Crippen LogP contribution in [0.4, 0.5) is 0 Å². The fourth-order valence-corrected chi connectivity index (χ4v) is 2.39. The molecule has 1 unspecified atom stereocenters. The average molecular weight is 230 g/mol. The van der Waals surface area contributed by atoms with Crippen LogP contribution in [-0.4, -0.2) is 13.1 Å². The van der Waals surface area contributed by atoms with Crippen LogP contribution in [0.2, 0.25) is 0 Å². The second kappa shape index (κ2) is 4.79. The van der Waals surface area contributed by atoms with Gasteiger partial charge in [-0.05, 0) is 55.2 Å². The maximum Gasteiger partial charge on any atom is 0.0444 e. The van der Waals surface area contributed by atoms with Crippen LogP contribution in [0.15, 0.2) is 24.3 Å². The molecule has 2 nitrogen and oxygen atoms in total. The molecule has 0 aliphatic heterocycles. The number of rotatable bonds is 6. The molecule has 2 fully saturated rings. The van der Waals surface area contributed by atoms with Crippen LogP contribution in [0.5, 0.6) is 0 Å². The summed E-state index contributed by atoms with van der Waals surface area (Å²) >= 11 is 0. The highest BCUT2D eigenvalue weighted by molar-refractivity contribution is 5.29. The molecule has 2 aliphatic carbocycles. The van der Waals surface area contributed by atoms with Gasteiger partial charge in [0.2, 0.25) is 0 Å². The van der Waals surface area contributed by atoms with Crippen molar-refractivity contribution in [3.63, 3.8) is 0 Å². The summed E-state index contributed by atoms with van der Waals surface area (Å²) in [7, 11) is 0. The van der Waals surface area contributed by atoms with E-state index in [0.717, 1.165) is 18.4 Å². The Kier molecular flexibility index (Phi) is 3.17. The Hall–Kier alpha value is -0.860. The molecule has 0 heterocycles. The maximum atomic E-state index is 5.86. The van der Waals surface area contributed by atoms with Crippen LogP contribution in [-0.2, 0) is 0 Å². The van der Waals surface area contributed by atoms with Crippen molar-refractivity contribution in [1.29, 1.82) is 0 Å². The molecule has 0 amide bonds. The SMILES string of the molecule is NCC(NCC1CC1)c1ccc(C2CC2)cc1. The molecule has 1 aromatic rings. The number of benzene rings is 1. The first-order chi connectivity index (χ1) is 8.36. The van der Waals surface area contributed by atoms with Crippen LogP contribution in [0, 0.1) is 5.92 Å². The van der Waals surface area contributed by atoms with E-state index in [0.29, 0.717) is 12.6 Å². The first kappa shape index (κ1) is 11.2. The molecule has 0 spiro atoms. The van der Waals surface area contributed by atoms with E-state index in [9.17, 15) is 0 Å². The van der Waals surface area contributed by atoms with Crippen molar-refractivity contribution in [2.45, 2.75) is 37.6 Å². The third-order valence-corrected chi connectivity index (χ3v) is 3.97. The fourth-order valence-electron chi connectivity index (χ4n) is 2.39. The molecular formula is C15H22N2. The van der Waals surface area contributed by atoms with Gasteiger partial charge in [0.15, 0.2) is 0 Å². The van der Waals surface area contributed by atoms with Gasteiger partial charge >= 0.3 is 0 Å². The Balaban J connectivity index is 1.62. The summed E-state index contributed by atoms with van der Waals surface area (Å²) in [6, 6.07) is 9.42. The Bertz CT molecular complexity index is 363. The zero-order chi connectivity index (χ0) is 11.7. The van der Waals surface area contributed by atoms with Gasteiger partial charge in [-0.15, -0.1) is 0 Å². The van der Waals surface area contributed by atoms with Gasteiger partial charge in [0.25, 0.3) is 0 Å². The van der Waals surface area contributed by atoms with Gasteiger partial charge in [-0.3, -0.25) is 0 Å². The quantitative estimate of drug-likeness (QED) is 0.788. The van der Waals surface area contributed by atoms with Gasteiger partial charge in [0.05, 0.1) is 0 Å². The zero-order valence-corrected chi connectivity index (χ0v) is 10.4. The molecule has 0 radical (unpaired) electrons. The van der Waals surface area contributed by atoms with E-state index < -0.39 is 0 Å². The average Bonchev–Trinajstić information content (AvgIpc) is 3.24. The molecule has 2 saturated carbocycles. The number of hydrogen-bond acceptors (Lipinski definition) is 2. The summed E-state index contributed by atoms with van der Waals surface area (Å²) < 4.78 is 0. The lowest BCUT2D eigenvalue weighted by atomic mass is 10.0. The van der Waals surface area contributed by atoms with E-state index >= 15 is 0 Å². The lowest BCUT2D eigenvalue weighted by Crippen LogP contribution is -2.29. The molecule has 0 aromatic heterocycles. The fraction of sp³-hybridized carbons (Fsp3) is 0.600. The van der Waals surface area contributed by atoms with Gasteiger partial charge in [0, 0.05) is 12.6 Å². The first-order valence-corrected chi connectivity index (χ1v) is 6.90. The van der Waals surface area contributed by atoms with Crippen molar-refractivity contribution in [2.75, 3.05) is 13.1 Å². The smallest absolute Gasteiger partial charge is 0.0444 e. The highest BCUT2D eigenvalue weighted by Crippen LogP contribution is 2.40. The van der Waals surface area contributed by atoms with Crippen molar-refractivity contribution < 1.29 is 0 Å². The number of nitrogens with one attached hydrogen (secondary N) is 1. The van der Waals surface area contributed by atoms with Crippen molar-refractivity contribution in [3.05, 3.63) is 35.4 Å². The van der Waals surface area contributed by atoms with E-state index in [4.69, 9.17) is 5.73 Å². The third kappa shape index (κ3) is 2.88. The molecule has 3 rings (SSSR count). The Labute approximate surface area is 104 Å². The summed E-state index contributed by atoms with van der Waals surface area (Å²) in [5.41, 5.74) is 8.71. The summed E-state index contributed by atoms with van der Waals surface area (Å²) in [5, 5.41) is 3.59. The highest BCUT2D eigenvalue weighted by Gasteiger charge is 2.24. The lowest BCUT2D eigenvalue weighted by molar-refractivity contribution is 0.522. The predicted molar refractivity (Wildman–Crippen MR) is 70.9 cm³/mol. The Morgan fingerprint density at radius 2 is 1.82 bits per heavy atom. The molecule has 1 atom stereocenters. The van der Waals surface area contributed by atoms with E-state index in [2.05, 4.69) is 29.6 Å². The largest absolute Gasteiger partial charge is 0.329 e. The number of hydrogen-bond donors (Lipinski definition) is 2. The third-order valence-electron chi connectivity index (χ3n) is 3.97. The van der Waals surface area contributed by atoms with Crippen molar-refractivity contribution >= 4 is 0 Å². The molecule has 2 heteroatoms. The van der Waals surface area contributed by atoms with Gasteiger partial charge < -0.3 is 11.1 Å². The normalized spacial score (nSPS) is 21.5. The summed E-state index contributed by atoms with van der Waals surface area (Å²) in [6.07, 6.45) is 5.54. The minimum atomic E-state index is 0.337. The van der Waals surface area contributed by atoms with E-state index in [-0.39, 0.29) is 0 Å². The summed E-state index contributed by atoms with van der Waals surface area (Å²) in [4.78, 5) is 0. The minimum absolute atomic E-state index is 0.337. The van der Waals surface area contributed by atoms with Gasteiger partial charge in [-0.25, -0.2) is 0 Å². The second-order valence-electron chi connectivity index (χ2n) is 5.58. The first-order valence-electron chi connectivity index (χ1n) is 6.90. The van der Waals surface area contributed by atoms with Crippen molar-refractivity contribution in [1.82, 2.24) is 5.32 Å². The highest BCUT2D eigenvalue weighted by atomic mass is 14.9.